The van der Waals surface area contributed by atoms with Crippen molar-refractivity contribution in [2.45, 2.75) is 19.9 Å². The fourth-order valence-electron chi connectivity index (χ4n) is 1.10. The molecule has 0 bridgehead atoms. The van der Waals surface area contributed by atoms with Gasteiger partial charge in [0.1, 0.15) is 4.60 Å². The average Bonchev–Trinajstić information content (AvgIpc) is 2.16. The Balaban J connectivity index is 0.00000196. The van der Waals surface area contributed by atoms with Crippen LogP contribution >= 0.6 is 28.3 Å². The molecule has 0 fully saturated rings. The first-order valence-corrected chi connectivity index (χ1v) is 5.25. The molecular weight excluding hydrogens is 279 g/mol. The summed E-state index contributed by atoms with van der Waals surface area (Å²) in [7, 11) is 0. The lowest BCUT2D eigenvalue weighted by Crippen LogP contribution is -2.33. The van der Waals surface area contributed by atoms with Gasteiger partial charge in [-0.25, -0.2) is 4.98 Å². The van der Waals surface area contributed by atoms with Gasteiger partial charge in [-0.2, -0.15) is 0 Å². The summed E-state index contributed by atoms with van der Waals surface area (Å²) in [6, 6.07) is 5.35. The number of hydrogen-bond donors (Lipinski definition) is 2. The molecule has 1 atom stereocenters. The highest BCUT2D eigenvalue weighted by atomic mass is 79.9. The van der Waals surface area contributed by atoms with Crippen molar-refractivity contribution >= 4 is 28.3 Å². The van der Waals surface area contributed by atoms with E-state index in [9.17, 15) is 5.11 Å². The second kappa shape index (κ2) is 5.80. The van der Waals surface area contributed by atoms with Crippen LogP contribution in [-0.2, 0) is 0 Å². The summed E-state index contributed by atoms with van der Waals surface area (Å²) >= 11 is 3.29. The Morgan fingerprint density at radius 3 is 2.60 bits per heavy atom. The van der Waals surface area contributed by atoms with E-state index in [2.05, 4.69) is 20.9 Å². The molecule has 1 aromatic heterocycles. The van der Waals surface area contributed by atoms with Gasteiger partial charge in [0.05, 0.1) is 18.3 Å². The third-order valence-electron chi connectivity index (χ3n) is 2.30. The number of aliphatic hydroxyl groups is 1. The normalized spacial score (nSPS) is 13.1. The van der Waals surface area contributed by atoms with E-state index in [1.54, 1.807) is 0 Å². The van der Waals surface area contributed by atoms with E-state index in [1.165, 1.54) is 0 Å². The number of aliphatic hydroxyl groups excluding tert-OH is 1. The van der Waals surface area contributed by atoms with E-state index in [-0.39, 0.29) is 30.5 Å². The second-order valence-corrected chi connectivity index (χ2v) is 4.82. The van der Waals surface area contributed by atoms with Crippen molar-refractivity contribution in [2.75, 3.05) is 6.61 Å². The zero-order valence-electron chi connectivity index (χ0n) is 8.77. The van der Waals surface area contributed by atoms with E-state index in [0.717, 1.165) is 10.3 Å². The summed E-state index contributed by atoms with van der Waals surface area (Å²) in [6.45, 7) is 3.88. The number of hydrogen-bond acceptors (Lipinski definition) is 3. The second-order valence-electron chi connectivity index (χ2n) is 4.01. The van der Waals surface area contributed by atoms with Crippen molar-refractivity contribution in [3.63, 3.8) is 0 Å². The summed E-state index contributed by atoms with van der Waals surface area (Å²) < 4.78 is 0.763. The monoisotopic (exact) mass is 294 g/mol. The Hall–Kier alpha value is -0.160. The number of rotatable bonds is 3. The standard InChI is InChI=1S/C10H15BrN2O.ClH/c1-10(2,6-14)9(12)7-4-3-5-8(11)13-7;/h3-5,9,14H,6,12H2,1-2H3;1H/t9-;/m0./s1. The predicted molar refractivity (Wildman–Crippen MR) is 67.0 cm³/mol. The summed E-state index contributed by atoms with van der Waals surface area (Å²) in [5.74, 6) is 0. The summed E-state index contributed by atoms with van der Waals surface area (Å²) in [5.41, 5.74) is 6.45. The third kappa shape index (κ3) is 3.72. The Morgan fingerprint density at radius 1 is 1.53 bits per heavy atom. The maximum atomic E-state index is 9.18. The molecule has 0 spiro atoms. The third-order valence-corrected chi connectivity index (χ3v) is 2.75. The van der Waals surface area contributed by atoms with Crippen LogP contribution < -0.4 is 5.73 Å². The minimum atomic E-state index is -0.353. The molecule has 3 nitrogen and oxygen atoms in total. The molecule has 0 saturated carbocycles. The number of aromatic nitrogens is 1. The van der Waals surface area contributed by atoms with Crippen molar-refractivity contribution in [3.8, 4) is 0 Å². The van der Waals surface area contributed by atoms with Gasteiger partial charge in [-0.05, 0) is 28.1 Å². The van der Waals surface area contributed by atoms with E-state index < -0.39 is 0 Å². The minimum absolute atomic E-state index is 0. The van der Waals surface area contributed by atoms with Crippen molar-refractivity contribution in [1.29, 1.82) is 0 Å². The fourth-order valence-corrected chi connectivity index (χ4v) is 1.45. The van der Waals surface area contributed by atoms with E-state index in [4.69, 9.17) is 5.73 Å². The van der Waals surface area contributed by atoms with Gasteiger partial charge in [0, 0.05) is 5.41 Å². The molecule has 1 heterocycles. The molecule has 1 aromatic rings. The molecule has 0 aromatic carbocycles. The van der Waals surface area contributed by atoms with Crippen LogP contribution in [0.5, 0.6) is 0 Å². The Morgan fingerprint density at radius 2 is 2.13 bits per heavy atom. The molecule has 0 aliphatic rings. The van der Waals surface area contributed by atoms with E-state index >= 15 is 0 Å². The molecule has 5 heteroatoms. The molecule has 1 rings (SSSR count). The smallest absolute Gasteiger partial charge is 0.106 e. The van der Waals surface area contributed by atoms with Crippen molar-refractivity contribution in [2.24, 2.45) is 11.1 Å². The molecule has 0 aliphatic carbocycles. The van der Waals surface area contributed by atoms with Gasteiger partial charge in [0.2, 0.25) is 0 Å². The average molecular weight is 296 g/mol. The fraction of sp³-hybridized carbons (Fsp3) is 0.500. The highest BCUT2D eigenvalue weighted by Gasteiger charge is 2.27. The summed E-state index contributed by atoms with van der Waals surface area (Å²) in [5, 5.41) is 9.18. The molecule has 0 saturated heterocycles. The number of pyridine rings is 1. The lowest BCUT2D eigenvalue weighted by atomic mass is 9.84. The van der Waals surface area contributed by atoms with Gasteiger partial charge in [0.25, 0.3) is 0 Å². The van der Waals surface area contributed by atoms with Gasteiger partial charge < -0.3 is 10.8 Å². The van der Waals surface area contributed by atoms with Crippen molar-refractivity contribution < 1.29 is 5.11 Å². The van der Waals surface area contributed by atoms with Crippen LogP contribution in [0.25, 0.3) is 0 Å². The Kier molecular flexibility index (Phi) is 5.73. The maximum Gasteiger partial charge on any atom is 0.106 e. The van der Waals surface area contributed by atoms with Crippen LogP contribution in [0.15, 0.2) is 22.8 Å². The van der Waals surface area contributed by atoms with E-state index in [0.29, 0.717) is 0 Å². The molecule has 0 aliphatic heterocycles. The van der Waals surface area contributed by atoms with Crippen LogP contribution in [-0.4, -0.2) is 16.7 Å². The molecule has 0 amide bonds. The van der Waals surface area contributed by atoms with Gasteiger partial charge in [-0.3, -0.25) is 0 Å². The summed E-state index contributed by atoms with van der Waals surface area (Å²) in [4.78, 5) is 4.27. The quantitative estimate of drug-likeness (QED) is 0.841. The van der Waals surface area contributed by atoms with Crippen molar-refractivity contribution in [1.82, 2.24) is 4.98 Å². The Bertz CT molecular complexity index is 320. The number of nitrogens with two attached hydrogens (primary N) is 1. The predicted octanol–water partition coefficient (Wildman–Crippen LogP) is 2.28. The SMILES string of the molecule is CC(C)(CO)[C@@H](N)c1cccc(Br)n1.Cl. The van der Waals surface area contributed by atoms with Gasteiger partial charge in [0.15, 0.2) is 0 Å². The molecule has 86 valence electrons. The molecular formula is C10H16BrClN2O. The zero-order chi connectivity index (χ0) is 10.8. The lowest BCUT2D eigenvalue weighted by molar-refractivity contribution is 0.130. The van der Waals surface area contributed by atoms with Crippen LogP contribution in [0.4, 0.5) is 0 Å². The van der Waals surface area contributed by atoms with Crippen LogP contribution in [0.1, 0.15) is 25.6 Å². The summed E-state index contributed by atoms with van der Waals surface area (Å²) in [6.07, 6.45) is 0. The largest absolute Gasteiger partial charge is 0.396 e. The number of nitrogens with zero attached hydrogens (tertiary/aromatic N) is 1. The first-order chi connectivity index (χ1) is 6.47. The highest BCUT2D eigenvalue weighted by Crippen LogP contribution is 2.29. The first kappa shape index (κ1) is 14.8. The van der Waals surface area contributed by atoms with Gasteiger partial charge in [-0.1, -0.05) is 19.9 Å². The van der Waals surface area contributed by atoms with Crippen LogP contribution in [0, 0.1) is 5.41 Å². The minimum Gasteiger partial charge on any atom is -0.396 e. The van der Waals surface area contributed by atoms with E-state index in [1.807, 2.05) is 32.0 Å². The van der Waals surface area contributed by atoms with Crippen LogP contribution in [0.2, 0.25) is 0 Å². The molecule has 15 heavy (non-hydrogen) atoms. The van der Waals surface area contributed by atoms with Crippen LogP contribution in [0.3, 0.4) is 0 Å². The molecule has 0 radical (unpaired) electrons. The van der Waals surface area contributed by atoms with Crippen molar-refractivity contribution in [3.05, 3.63) is 28.5 Å². The molecule has 3 N–H and O–H groups in total. The molecule has 0 unspecified atom stereocenters. The first-order valence-electron chi connectivity index (χ1n) is 4.46. The maximum absolute atomic E-state index is 9.18. The lowest BCUT2D eigenvalue weighted by Gasteiger charge is -2.28. The zero-order valence-corrected chi connectivity index (χ0v) is 11.2. The van der Waals surface area contributed by atoms with Gasteiger partial charge in [-0.15, -0.1) is 12.4 Å². The van der Waals surface area contributed by atoms with Gasteiger partial charge >= 0.3 is 0 Å². The topological polar surface area (TPSA) is 59.1 Å². The number of halogens is 2. The Labute approximate surface area is 105 Å². The highest BCUT2D eigenvalue weighted by molar-refractivity contribution is 9.10.